The topological polar surface area (TPSA) is 85.1 Å². The molecule has 0 spiro atoms. The van der Waals surface area contributed by atoms with Crippen molar-refractivity contribution in [1.29, 1.82) is 0 Å². The quantitative estimate of drug-likeness (QED) is 0.495. The molecule has 3 heterocycles. The SMILES string of the molecule is CC(C)(C)C(=O)N1CCc2ccc(OCc3nc(C(=O)N4CCOCC4)co3)cc2C1c1cccc(F)c1. The fourth-order valence-corrected chi connectivity index (χ4v) is 4.92. The number of benzene rings is 2. The van der Waals surface area contributed by atoms with Crippen molar-refractivity contribution in [3.8, 4) is 5.75 Å². The molecule has 0 bridgehead atoms. The first kappa shape index (κ1) is 25.9. The molecule has 1 fully saturated rings. The highest BCUT2D eigenvalue weighted by Gasteiger charge is 2.37. The van der Waals surface area contributed by atoms with Gasteiger partial charge in [0.15, 0.2) is 12.3 Å². The van der Waals surface area contributed by atoms with Gasteiger partial charge in [0.2, 0.25) is 11.8 Å². The second-order valence-corrected chi connectivity index (χ2v) is 10.6. The van der Waals surface area contributed by atoms with Crippen LogP contribution in [0.3, 0.4) is 0 Å². The number of fused-ring (bicyclic) bond motifs is 1. The molecule has 1 unspecified atom stereocenters. The van der Waals surface area contributed by atoms with E-state index in [1.54, 1.807) is 11.0 Å². The molecular weight excluding hydrogens is 489 g/mol. The van der Waals surface area contributed by atoms with E-state index in [-0.39, 0.29) is 35.8 Å². The number of aromatic nitrogens is 1. The number of carbonyl (C=O) groups excluding carboxylic acids is 2. The van der Waals surface area contributed by atoms with Crippen molar-refractivity contribution >= 4 is 11.8 Å². The highest BCUT2D eigenvalue weighted by molar-refractivity contribution is 5.92. The first-order valence-electron chi connectivity index (χ1n) is 12.8. The lowest BCUT2D eigenvalue weighted by Gasteiger charge is -2.41. The summed E-state index contributed by atoms with van der Waals surface area (Å²) in [4.78, 5) is 33.9. The molecule has 1 atom stereocenters. The van der Waals surface area contributed by atoms with Crippen LogP contribution >= 0.6 is 0 Å². The Morgan fingerprint density at radius 1 is 1.11 bits per heavy atom. The number of nitrogens with zero attached hydrogens (tertiary/aromatic N) is 3. The molecule has 0 aliphatic carbocycles. The number of carbonyl (C=O) groups is 2. The Bertz CT molecular complexity index is 1330. The third kappa shape index (κ3) is 5.43. The molecule has 0 N–H and O–H groups in total. The average Bonchev–Trinajstić information content (AvgIpc) is 3.39. The van der Waals surface area contributed by atoms with Crippen LogP contribution in [0.15, 0.2) is 53.1 Å². The number of halogens is 1. The van der Waals surface area contributed by atoms with Gasteiger partial charge < -0.3 is 23.7 Å². The van der Waals surface area contributed by atoms with Gasteiger partial charge in [-0.05, 0) is 47.4 Å². The number of morpholine rings is 1. The lowest BCUT2D eigenvalue weighted by Crippen LogP contribution is -2.45. The Balaban J connectivity index is 1.38. The van der Waals surface area contributed by atoms with Crippen LogP contribution in [0.4, 0.5) is 4.39 Å². The van der Waals surface area contributed by atoms with Crippen LogP contribution in [0.1, 0.15) is 59.9 Å². The largest absolute Gasteiger partial charge is 0.484 e. The van der Waals surface area contributed by atoms with Crippen LogP contribution in [0.2, 0.25) is 0 Å². The molecule has 8 nitrogen and oxygen atoms in total. The Morgan fingerprint density at radius 3 is 2.63 bits per heavy atom. The molecule has 1 aromatic heterocycles. The number of hydrogen-bond acceptors (Lipinski definition) is 6. The van der Waals surface area contributed by atoms with Gasteiger partial charge >= 0.3 is 0 Å². The zero-order valence-corrected chi connectivity index (χ0v) is 21.9. The van der Waals surface area contributed by atoms with Crippen molar-refractivity contribution in [3.05, 3.63) is 82.8 Å². The van der Waals surface area contributed by atoms with E-state index in [0.29, 0.717) is 50.6 Å². The molecule has 5 rings (SSSR count). The molecule has 9 heteroatoms. The van der Waals surface area contributed by atoms with Gasteiger partial charge in [-0.25, -0.2) is 9.37 Å². The van der Waals surface area contributed by atoms with Gasteiger partial charge in [0.1, 0.15) is 17.8 Å². The summed E-state index contributed by atoms with van der Waals surface area (Å²) in [6.45, 7) is 8.30. The summed E-state index contributed by atoms with van der Waals surface area (Å²) in [7, 11) is 0. The minimum absolute atomic E-state index is 0.000910. The normalized spacial score (nSPS) is 17.7. The van der Waals surface area contributed by atoms with Crippen molar-refractivity contribution in [1.82, 2.24) is 14.8 Å². The van der Waals surface area contributed by atoms with Crippen molar-refractivity contribution in [2.24, 2.45) is 5.41 Å². The summed E-state index contributed by atoms with van der Waals surface area (Å²) in [5.41, 5.74) is 2.34. The Hall–Kier alpha value is -3.72. The number of ether oxygens (including phenoxy) is 2. The molecule has 1 saturated heterocycles. The van der Waals surface area contributed by atoms with E-state index >= 15 is 0 Å². The van der Waals surface area contributed by atoms with E-state index in [1.807, 2.05) is 49.9 Å². The standard InChI is InChI=1S/C29H32FN3O5/c1-29(2,3)28(35)33-10-9-19-7-8-22(16-23(19)26(33)20-5-4-6-21(30)15-20)37-18-25-31-24(17-38-25)27(34)32-11-13-36-14-12-32/h4-8,15-17,26H,9-14,18H2,1-3H3. The minimum Gasteiger partial charge on any atom is -0.484 e. The summed E-state index contributed by atoms with van der Waals surface area (Å²) in [6.07, 6.45) is 2.04. The highest BCUT2D eigenvalue weighted by Crippen LogP contribution is 2.39. The summed E-state index contributed by atoms with van der Waals surface area (Å²) in [6, 6.07) is 11.7. The van der Waals surface area contributed by atoms with Crippen molar-refractivity contribution in [2.75, 3.05) is 32.8 Å². The predicted octanol–water partition coefficient (Wildman–Crippen LogP) is 4.39. The van der Waals surface area contributed by atoms with Gasteiger partial charge in [-0.1, -0.05) is 39.0 Å². The van der Waals surface area contributed by atoms with Gasteiger partial charge in [-0.15, -0.1) is 0 Å². The fourth-order valence-electron chi connectivity index (χ4n) is 4.92. The summed E-state index contributed by atoms with van der Waals surface area (Å²) >= 11 is 0. The van der Waals surface area contributed by atoms with Gasteiger partial charge in [0.05, 0.1) is 19.3 Å². The van der Waals surface area contributed by atoms with Crippen molar-refractivity contribution in [2.45, 2.75) is 39.8 Å². The smallest absolute Gasteiger partial charge is 0.275 e. The third-order valence-corrected chi connectivity index (χ3v) is 6.84. The lowest BCUT2D eigenvalue weighted by atomic mass is 9.85. The van der Waals surface area contributed by atoms with Crippen LogP contribution in [-0.4, -0.2) is 59.4 Å². The molecule has 0 saturated carbocycles. The molecule has 3 aromatic rings. The van der Waals surface area contributed by atoms with Gasteiger partial charge in [0.25, 0.3) is 5.91 Å². The highest BCUT2D eigenvalue weighted by atomic mass is 19.1. The number of amides is 2. The van der Waals surface area contributed by atoms with E-state index < -0.39 is 11.5 Å². The molecule has 2 aliphatic heterocycles. The fraction of sp³-hybridized carbons (Fsp3) is 0.414. The van der Waals surface area contributed by atoms with E-state index in [4.69, 9.17) is 13.9 Å². The van der Waals surface area contributed by atoms with Crippen LogP contribution in [-0.2, 0) is 22.6 Å². The van der Waals surface area contributed by atoms with Crippen molar-refractivity contribution < 1.29 is 27.9 Å². The van der Waals surface area contributed by atoms with Crippen LogP contribution in [0.25, 0.3) is 0 Å². The van der Waals surface area contributed by atoms with E-state index in [0.717, 1.165) is 11.1 Å². The van der Waals surface area contributed by atoms with Crippen LogP contribution in [0, 0.1) is 11.2 Å². The molecule has 2 amide bonds. The third-order valence-electron chi connectivity index (χ3n) is 6.84. The molecule has 2 aliphatic rings. The van der Waals surface area contributed by atoms with Crippen LogP contribution < -0.4 is 4.74 Å². The summed E-state index contributed by atoms with van der Waals surface area (Å²) < 4.78 is 31.0. The molecule has 38 heavy (non-hydrogen) atoms. The molecule has 0 radical (unpaired) electrons. The molecular formula is C29H32FN3O5. The maximum atomic E-state index is 14.2. The van der Waals surface area contributed by atoms with Gasteiger partial charge in [-0.2, -0.15) is 0 Å². The molecule has 200 valence electrons. The average molecular weight is 522 g/mol. The number of oxazole rings is 1. The van der Waals surface area contributed by atoms with E-state index in [2.05, 4.69) is 4.98 Å². The summed E-state index contributed by atoms with van der Waals surface area (Å²) in [5, 5.41) is 0. The maximum absolute atomic E-state index is 14.2. The predicted molar refractivity (Wildman–Crippen MR) is 137 cm³/mol. The monoisotopic (exact) mass is 521 g/mol. The number of rotatable bonds is 5. The first-order valence-corrected chi connectivity index (χ1v) is 12.8. The Morgan fingerprint density at radius 2 is 1.89 bits per heavy atom. The minimum atomic E-state index is -0.585. The number of hydrogen-bond donors (Lipinski definition) is 0. The van der Waals surface area contributed by atoms with E-state index in [1.165, 1.54) is 18.4 Å². The second kappa shape index (κ2) is 10.6. The zero-order valence-electron chi connectivity index (χ0n) is 21.9. The second-order valence-electron chi connectivity index (χ2n) is 10.6. The zero-order chi connectivity index (χ0) is 26.9. The van der Waals surface area contributed by atoms with Gasteiger partial charge in [-0.3, -0.25) is 9.59 Å². The van der Waals surface area contributed by atoms with Crippen molar-refractivity contribution in [3.63, 3.8) is 0 Å². The summed E-state index contributed by atoms with van der Waals surface area (Å²) in [5.74, 6) is 0.302. The maximum Gasteiger partial charge on any atom is 0.275 e. The molecule has 2 aromatic carbocycles. The Kier molecular flexibility index (Phi) is 7.21. The van der Waals surface area contributed by atoms with Gasteiger partial charge in [0, 0.05) is 25.0 Å². The Labute approximate surface area is 221 Å². The lowest BCUT2D eigenvalue weighted by molar-refractivity contribution is -0.141. The van der Waals surface area contributed by atoms with Crippen LogP contribution in [0.5, 0.6) is 5.75 Å². The first-order chi connectivity index (χ1) is 18.2. The van der Waals surface area contributed by atoms with E-state index in [9.17, 15) is 14.0 Å².